The summed E-state index contributed by atoms with van der Waals surface area (Å²) in [5.74, 6) is -0.285. The van der Waals surface area contributed by atoms with Crippen LogP contribution in [0.15, 0.2) is 60.7 Å². The molecule has 0 aliphatic rings. The summed E-state index contributed by atoms with van der Waals surface area (Å²) < 4.78 is 0. The lowest BCUT2D eigenvalue weighted by Crippen LogP contribution is -2.38. The first-order valence-electron chi connectivity index (χ1n) is 6.42. The maximum atomic E-state index is 12.1. The maximum absolute atomic E-state index is 12.1. The van der Waals surface area contributed by atoms with Gasteiger partial charge >= 0.3 is 0 Å². The fraction of sp³-hybridized carbons (Fsp3) is 0.188. The van der Waals surface area contributed by atoms with Crippen molar-refractivity contribution in [2.45, 2.75) is 12.1 Å². The van der Waals surface area contributed by atoms with E-state index in [1.54, 1.807) is 36.4 Å². The first-order chi connectivity index (χ1) is 9.72. The number of rotatable bonds is 5. The molecule has 0 aliphatic carbocycles. The molecular formula is C16H17NO3. The van der Waals surface area contributed by atoms with Gasteiger partial charge in [0.05, 0.1) is 12.6 Å². The smallest absolute Gasteiger partial charge is 0.251 e. The summed E-state index contributed by atoms with van der Waals surface area (Å²) in [6.07, 6.45) is -1.05. The largest absolute Gasteiger partial charge is 0.394 e. The normalized spacial score (nSPS) is 13.5. The Labute approximate surface area is 117 Å². The zero-order valence-electron chi connectivity index (χ0n) is 10.9. The Morgan fingerprint density at radius 1 is 1.00 bits per heavy atom. The summed E-state index contributed by atoms with van der Waals surface area (Å²) in [6.45, 7) is -0.422. The molecule has 2 aromatic carbocycles. The standard InChI is InChI=1S/C16H17NO3/c18-11-14(19)15(12-7-3-1-4-8-12)17-16(20)13-9-5-2-6-10-13/h1-10,14-15,18-19H,11H2,(H,17,20)/t14?,15-/m0/s1. The number of hydrogen-bond acceptors (Lipinski definition) is 3. The predicted octanol–water partition coefficient (Wildman–Crippen LogP) is 1.51. The summed E-state index contributed by atoms with van der Waals surface area (Å²) in [7, 11) is 0. The van der Waals surface area contributed by atoms with Gasteiger partial charge in [-0.2, -0.15) is 0 Å². The number of amides is 1. The van der Waals surface area contributed by atoms with Gasteiger partial charge in [0.1, 0.15) is 6.10 Å². The molecule has 0 radical (unpaired) electrons. The maximum Gasteiger partial charge on any atom is 0.251 e. The zero-order chi connectivity index (χ0) is 14.4. The number of hydrogen-bond donors (Lipinski definition) is 3. The Bertz CT molecular complexity index is 542. The monoisotopic (exact) mass is 271 g/mol. The fourth-order valence-corrected chi connectivity index (χ4v) is 1.98. The van der Waals surface area contributed by atoms with Gasteiger partial charge in [0.15, 0.2) is 0 Å². The molecule has 4 heteroatoms. The molecule has 2 rings (SSSR count). The molecule has 0 aromatic heterocycles. The first kappa shape index (κ1) is 14.2. The van der Waals surface area contributed by atoms with Crippen LogP contribution in [-0.2, 0) is 0 Å². The van der Waals surface area contributed by atoms with Crippen molar-refractivity contribution in [3.63, 3.8) is 0 Å². The van der Waals surface area contributed by atoms with Crippen molar-refractivity contribution < 1.29 is 15.0 Å². The Hall–Kier alpha value is -2.17. The third kappa shape index (κ3) is 3.44. The number of carbonyl (C=O) groups is 1. The van der Waals surface area contributed by atoms with Gasteiger partial charge in [-0.1, -0.05) is 48.5 Å². The van der Waals surface area contributed by atoms with E-state index >= 15 is 0 Å². The highest BCUT2D eigenvalue weighted by atomic mass is 16.3. The van der Waals surface area contributed by atoms with E-state index < -0.39 is 18.8 Å². The first-order valence-corrected chi connectivity index (χ1v) is 6.42. The quantitative estimate of drug-likeness (QED) is 0.772. The summed E-state index contributed by atoms with van der Waals surface area (Å²) in [5, 5.41) is 21.8. The molecule has 0 saturated heterocycles. The number of benzene rings is 2. The van der Waals surface area contributed by atoms with E-state index in [0.29, 0.717) is 5.56 Å². The average Bonchev–Trinajstić information content (AvgIpc) is 2.53. The topological polar surface area (TPSA) is 69.6 Å². The molecule has 0 spiro atoms. The lowest BCUT2D eigenvalue weighted by Gasteiger charge is -2.23. The highest BCUT2D eigenvalue weighted by Gasteiger charge is 2.22. The second-order valence-corrected chi connectivity index (χ2v) is 4.48. The molecule has 0 aliphatic heterocycles. The van der Waals surface area contributed by atoms with Crippen molar-refractivity contribution in [2.75, 3.05) is 6.61 Å². The van der Waals surface area contributed by atoms with E-state index in [-0.39, 0.29) is 5.91 Å². The molecule has 1 amide bonds. The van der Waals surface area contributed by atoms with Gasteiger partial charge in [0, 0.05) is 5.56 Å². The van der Waals surface area contributed by atoms with Gasteiger partial charge in [-0.15, -0.1) is 0 Å². The second kappa shape index (κ2) is 6.84. The van der Waals surface area contributed by atoms with Gasteiger partial charge in [-0.3, -0.25) is 4.79 Å². The SMILES string of the molecule is O=C(N[C@@H](c1ccccc1)C(O)CO)c1ccccc1. The van der Waals surface area contributed by atoms with Crippen LogP contribution in [0.4, 0.5) is 0 Å². The van der Waals surface area contributed by atoms with Crippen LogP contribution >= 0.6 is 0 Å². The van der Waals surface area contributed by atoms with Crippen molar-refractivity contribution in [1.82, 2.24) is 5.32 Å². The lowest BCUT2D eigenvalue weighted by molar-refractivity contribution is 0.0564. The second-order valence-electron chi connectivity index (χ2n) is 4.48. The molecule has 0 bridgehead atoms. The third-order valence-corrected chi connectivity index (χ3v) is 3.05. The van der Waals surface area contributed by atoms with E-state index in [4.69, 9.17) is 5.11 Å². The molecule has 20 heavy (non-hydrogen) atoms. The van der Waals surface area contributed by atoms with Crippen molar-refractivity contribution in [1.29, 1.82) is 0 Å². The minimum absolute atomic E-state index is 0.285. The molecule has 0 heterocycles. The molecule has 1 unspecified atom stereocenters. The molecule has 104 valence electrons. The molecular weight excluding hydrogens is 254 g/mol. The average molecular weight is 271 g/mol. The minimum atomic E-state index is -1.05. The number of aliphatic hydroxyl groups is 2. The van der Waals surface area contributed by atoms with E-state index in [9.17, 15) is 9.90 Å². The van der Waals surface area contributed by atoms with Gasteiger partial charge in [0.2, 0.25) is 0 Å². The van der Waals surface area contributed by atoms with E-state index in [2.05, 4.69) is 5.32 Å². The summed E-state index contributed by atoms with van der Waals surface area (Å²) >= 11 is 0. The Kier molecular flexibility index (Phi) is 4.87. The summed E-state index contributed by atoms with van der Waals surface area (Å²) in [6, 6.07) is 17.2. The van der Waals surface area contributed by atoms with E-state index in [0.717, 1.165) is 5.56 Å². The van der Waals surface area contributed by atoms with Crippen molar-refractivity contribution in [2.24, 2.45) is 0 Å². The van der Waals surface area contributed by atoms with Crippen molar-refractivity contribution >= 4 is 5.91 Å². The minimum Gasteiger partial charge on any atom is -0.394 e. The molecule has 0 fully saturated rings. The van der Waals surface area contributed by atoms with Crippen LogP contribution in [-0.4, -0.2) is 28.8 Å². The summed E-state index contributed by atoms with van der Waals surface area (Å²) in [4.78, 5) is 12.1. The molecule has 2 atom stereocenters. The Morgan fingerprint density at radius 2 is 1.55 bits per heavy atom. The van der Waals surface area contributed by atoms with E-state index in [1.807, 2.05) is 24.3 Å². The fourth-order valence-electron chi connectivity index (χ4n) is 1.98. The Balaban J connectivity index is 2.19. The lowest BCUT2D eigenvalue weighted by atomic mass is 10.0. The molecule has 3 N–H and O–H groups in total. The van der Waals surface area contributed by atoms with Gasteiger partial charge in [-0.05, 0) is 17.7 Å². The molecule has 4 nitrogen and oxygen atoms in total. The summed E-state index contributed by atoms with van der Waals surface area (Å²) in [5.41, 5.74) is 1.26. The van der Waals surface area contributed by atoms with Gasteiger partial charge < -0.3 is 15.5 Å². The van der Waals surface area contributed by atoms with Crippen LogP contribution in [0.25, 0.3) is 0 Å². The highest BCUT2D eigenvalue weighted by molar-refractivity contribution is 5.94. The van der Waals surface area contributed by atoms with Crippen LogP contribution in [0.5, 0.6) is 0 Å². The number of aliphatic hydroxyl groups excluding tert-OH is 2. The van der Waals surface area contributed by atoms with Crippen LogP contribution < -0.4 is 5.32 Å². The van der Waals surface area contributed by atoms with Crippen molar-refractivity contribution in [3.8, 4) is 0 Å². The highest BCUT2D eigenvalue weighted by Crippen LogP contribution is 2.17. The van der Waals surface area contributed by atoms with Crippen LogP contribution in [0.1, 0.15) is 22.0 Å². The van der Waals surface area contributed by atoms with Crippen molar-refractivity contribution in [3.05, 3.63) is 71.8 Å². The molecule has 2 aromatic rings. The zero-order valence-corrected chi connectivity index (χ0v) is 10.9. The number of carbonyl (C=O) groups excluding carboxylic acids is 1. The molecule has 0 saturated carbocycles. The predicted molar refractivity (Wildman–Crippen MR) is 76.2 cm³/mol. The Morgan fingerprint density at radius 3 is 2.10 bits per heavy atom. The number of nitrogens with one attached hydrogen (secondary N) is 1. The van der Waals surface area contributed by atoms with Crippen LogP contribution in [0.2, 0.25) is 0 Å². The van der Waals surface area contributed by atoms with Crippen LogP contribution in [0.3, 0.4) is 0 Å². The van der Waals surface area contributed by atoms with Gasteiger partial charge in [-0.25, -0.2) is 0 Å². The van der Waals surface area contributed by atoms with Crippen LogP contribution in [0, 0.1) is 0 Å². The van der Waals surface area contributed by atoms with E-state index in [1.165, 1.54) is 0 Å². The van der Waals surface area contributed by atoms with Gasteiger partial charge in [0.25, 0.3) is 5.91 Å². The third-order valence-electron chi connectivity index (χ3n) is 3.05.